The second kappa shape index (κ2) is 9.57. The van der Waals surface area contributed by atoms with Crippen LogP contribution in [0.15, 0.2) is 35.3 Å². The fourth-order valence-corrected chi connectivity index (χ4v) is 2.74. The molecule has 6 heteroatoms. The standard InChI is InChI=1S/C20H32N4O2/c1-20(2,17-8-6-5-7-9-17)15-23-19(22-13-18(25)24(3)4)21-12-16-10-11-26-14-16/h5-9,16H,10-15H2,1-4H3,(H2,21,22,23). The molecule has 1 aliphatic heterocycles. The third-order valence-electron chi connectivity index (χ3n) is 4.71. The van der Waals surface area contributed by atoms with E-state index in [9.17, 15) is 4.79 Å². The van der Waals surface area contributed by atoms with Crippen LogP contribution in [0.1, 0.15) is 25.8 Å². The van der Waals surface area contributed by atoms with E-state index in [-0.39, 0.29) is 17.9 Å². The second-order valence-corrected chi connectivity index (χ2v) is 7.67. The molecular weight excluding hydrogens is 328 g/mol. The molecule has 1 aromatic carbocycles. The number of nitrogens with zero attached hydrogens (tertiary/aromatic N) is 2. The maximum absolute atomic E-state index is 11.9. The molecule has 2 N–H and O–H groups in total. The summed E-state index contributed by atoms with van der Waals surface area (Å²) < 4.78 is 5.43. The van der Waals surface area contributed by atoms with Crippen LogP contribution in [0.5, 0.6) is 0 Å². The zero-order chi connectivity index (χ0) is 19.0. The summed E-state index contributed by atoms with van der Waals surface area (Å²) >= 11 is 0. The van der Waals surface area contributed by atoms with Gasteiger partial charge in [-0.2, -0.15) is 0 Å². The van der Waals surface area contributed by atoms with Crippen LogP contribution in [-0.2, 0) is 14.9 Å². The van der Waals surface area contributed by atoms with Crippen molar-refractivity contribution in [2.24, 2.45) is 10.9 Å². The first kappa shape index (κ1) is 20.2. The molecule has 1 heterocycles. The monoisotopic (exact) mass is 360 g/mol. The number of rotatable bonds is 7. The molecule has 0 spiro atoms. The summed E-state index contributed by atoms with van der Waals surface area (Å²) in [5.41, 5.74) is 1.21. The van der Waals surface area contributed by atoms with Gasteiger partial charge in [-0.15, -0.1) is 0 Å². The van der Waals surface area contributed by atoms with E-state index in [0.29, 0.717) is 11.9 Å². The van der Waals surface area contributed by atoms with Crippen molar-refractivity contribution in [2.45, 2.75) is 25.7 Å². The van der Waals surface area contributed by atoms with Crippen molar-refractivity contribution in [1.29, 1.82) is 0 Å². The van der Waals surface area contributed by atoms with Gasteiger partial charge in [-0.1, -0.05) is 44.2 Å². The van der Waals surface area contributed by atoms with Gasteiger partial charge in [0.1, 0.15) is 6.54 Å². The number of carbonyl (C=O) groups excluding carboxylic acids is 1. The van der Waals surface area contributed by atoms with Crippen molar-refractivity contribution in [3.05, 3.63) is 35.9 Å². The highest BCUT2D eigenvalue weighted by atomic mass is 16.5. The van der Waals surface area contributed by atoms with E-state index in [1.54, 1.807) is 19.0 Å². The number of benzene rings is 1. The van der Waals surface area contributed by atoms with Crippen molar-refractivity contribution in [2.75, 3.05) is 46.9 Å². The summed E-state index contributed by atoms with van der Waals surface area (Å²) in [6.45, 7) is 7.66. The lowest BCUT2D eigenvalue weighted by atomic mass is 9.85. The van der Waals surface area contributed by atoms with Crippen LogP contribution in [0.3, 0.4) is 0 Å². The van der Waals surface area contributed by atoms with E-state index < -0.39 is 0 Å². The molecule has 0 aromatic heterocycles. The quantitative estimate of drug-likeness (QED) is 0.573. The molecule has 6 nitrogen and oxygen atoms in total. The molecule has 144 valence electrons. The summed E-state index contributed by atoms with van der Waals surface area (Å²) in [5, 5.41) is 6.77. The van der Waals surface area contributed by atoms with E-state index in [2.05, 4.69) is 53.7 Å². The van der Waals surface area contributed by atoms with Gasteiger partial charge in [-0.05, 0) is 12.0 Å². The van der Waals surface area contributed by atoms with E-state index in [4.69, 9.17) is 4.74 Å². The smallest absolute Gasteiger partial charge is 0.243 e. The minimum atomic E-state index is -0.0499. The normalized spacial score (nSPS) is 17.8. The Labute approximate surface area is 157 Å². The number of carbonyl (C=O) groups is 1. The van der Waals surface area contributed by atoms with Gasteiger partial charge in [0.05, 0.1) is 6.61 Å². The van der Waals surface area contributed by atoms with Crippen LogP contribution < -0.4 is 10.6 Å². The highest BCUT2D eigenvalue weighted by molar-refractivity contribution is 5.84. The number of aliphatic imine (C=N–C) groups is 1. The Morgan fingerprint density at radius 2 is 2.00 bits per heavy atom. The molecule has 2 rings (SSSR count). The molecule has 1 amide bonds. The van der Waals surface area contributed by atoms with Gasteiger partial charge in [-0.25, -0.2) is 4.99 Å². The van der Waals surface area contributed by atoms with E-state index in [1.807, 2.05) is 6.07 Å². The summed E-state index contributed by atoms with van der Waals surface area (Å²) in [5.74, 6) is 1.16. The Bertz CT molecular complexity index is 593. The molecule has 1 aliphatic rings. The van der Waals surface area contributed by atoms with Crippen molar-refractivity contribution < 1.29 is 9.53 Å². The topological polar surface area (TPSA) is 66.0 Å². The van der Waals surface area contributed by atoms with Gasteiger partial charge in [0.25, 0.3) is 0 Å². The maximum Gasteiger partial charge on any atom is 0.243 e. The number of guanidine groups is 1. The van der Waals surface area contributed by atoms with E-state index >= 15 is 0 Å². The summed E-state index contributed by atoms with van der Waals surface area (Å²) in [4.78, 5) is 17.9. The average Bonchev–Trinajstić information content (AvgIpc) is 3.15. The van der Waals surface area contributed by atoms with Crippen LogP contribution in [0, 0.1) is 5.92 Å². The molecule has 26 heavy (non-hydrogen) atoms. The van der Waals surface area contributed by atoms with Gasteiger partial charge in [0.15, 0.2) is 5.96 Å². The SMILES string of the molecule is CN(C)C(=O)CN=C(NCC1CCOC1)NCC(C)(C)c1ccccc1. The lowest BCUT2D eigenvalue weighted by molar-refractivity contribution is -0.127. The third kappa shape index (κ3) is 6.33. The fourth-order valence-electron chi connectivity index (χ4n) is 2.74. The van der Waals surface area contributed by atoms with Crippen LogP contribution in [0.2, 0.25) is 0 Å². The van der Waals surface area contributed by atoms with E-state index in [0.717, 1.165) is 32.7 Å². The molecule has 0 bridgehead atoms. The molecule has 1 saturated heterocycles. The van der Waals surface area contributed by atoms with Gasteiger partial charge < -0.3 is 20.3 Å². The van der Waals surface area contributed by atoms with Crippen molar-refractivity contribution in [1.82, 2.24) is 15.5 Å². The Morgan fingerprint density at radius 3 is 2.62 bits per heavy atom. The molecule has 1 fully saturated rings. The van der Waals surface area contributed by atoms with Gasteiger partial charge in [0, 0.05) is 45.1 Å². The Hall–Kier alpha value is -2.08. The number of amides is 1. The second-order valence-electron chi connectivity index (χ2n) is 7.67. The van der Waals surface area contributed by atoms with Crippen LogP contribution >= 0.6 is 0 Å². The van der Waals surface area contributed by atoms with Gasteiger partial charge in [-0.3, -0.25) is 4.79 Å². The molecule has 0 aliphatic carbocycles. The molecule has 0 radical (unpaired) electrons. The first-order chi connectivity index (χ1) is 12.4. The molecule has 0 saturated carbocycles. The van der Waals surface area contributed by atoms with E-state index in [1.165, 1.54) is 5.56 Å². The summed E-state index contributed by atoms with van der Waals surface area (Å²) in [6, 6.07) is 10.4. The van der Waals surface area contributed by atoms with Crippen LogP contribution in [0.4, 0.5) is 0 Å². The molecular formula is C20H32N4O2. The van der Waals surface area contributed by atoms with Crippen molar-refractivity contribution in [3.63, 3.8) is 0 Å². The molecule has 1 unspecified atom stereocenters. The largest absolute Gasteiger partial charge is 0.381 e. The minimum absolute atomic E-state index is 0.0161. The predicted molar refractivity (Wildman–Crippen MR) is 105 cm³/mol. The summed E-state index contributed by atoms with van der Waals surface area (Å²) in [6.07, 6.45) is 1.06. The third-order valence-corrected chi connectivity index (χ3v) is 4.71. The zero-order valence-corrected chi connectivity index (χ0v) is 16.4. The number of ether oxygens (including phenoxy) is 1. The van der Waals surface area contributed by atoms with Crippen molar-refractivity contribution >= 4 is 11.9 Å². The first-order valence-corrected chi connectivity index (χ1v) is 9.24. The predicted octanol–water partition coefficient (Wildman–Crippen LogP) is 1.62. The molecule has 1 aromatic rings. The van der Waals surface area contributed by atoms with Gasteiger partial charge >= 0.3 is 0 Å². The average molecular weight is 361 g/mol. The number of hydrogen-bond acceptors (Lipinski definition) is 3. The Balaban J connectivity index is 1.97. The lowest BCUT2D eigenvalue weighted by Crippen LogP contribution is -2.45. The number of nitrogens with one attached hydrogen (secondary N) is 2. The molecule has 1 atom stereocenters. The first-order valence-electron chi connectivity index (χ1n) is 9.24. The Kier molecular flexibility index (Phi) is 7.45. The Morgan fingerprint density at radius 1 is 1.27 bits per heavy atom. The fraction of sp³-hybridized carbons (Fsp3) is 0.600. The number of hydrogen-bond donors (Lipinski definition) is 2. The minimum Gasteiger partial charge on any atom is -0.381 e. The van der Waals surface area contributed by atoms with Gasteiger partial charge in [0.2, 0.25) is 5.91 Å². The van der Waals surface area contributed by atoms with Crippen LogP contribution in [-0.4, -0.2) is 63.7 Å². The van der Waals surface area contributed by atoms with Crippen molar-refractivity contribution in [3.8, 4) is 0 Å². The number of likely N-dealkylation sites (N-methyl/N-ethyl adjacent to an activating group) is 1. The summed E-state index contributed by atoms with van der Waals surface area (Å²) in [7, 11) is 3.49. The highest BCUT2D eigenvalue weighted by Crippen LogP contribution is 2.21. The zero-order valence-electron chi connectivity index (χ0n) is 16.4. The van der Waals surface area contributed by atoms with Crippen LogP contribution in [0.25, 0.3) is 0 Å². The highest BCUT2D eigenvalue weighted by Gasteiger charge is 2.21. The lowest BCUT2D eigenvalue weighted by Gasteiger charge is -2.27. The maximum atomic E-state index is 11.9.